The number of hydrogen-bond donors (Lipinski definition) is 1. The largest absolute Gasteiger partial charge is 0.497 e. The fourth-order valence-electron chi connectivity index (χ4n) is 4.37. The standard InChI is InChI=1S/C31H37N3O3/c1-23(2)24-12-18-27(19-13-24)37-22-7-6-21-34-29-10-5-4-9-28(29)33-30(34)11-8-20-32-31(35)25-14-16-26(36-3)17-15-25/h4-5,9-10,12-19,23H,6-8,11,20-22H2,1-3H3,(H,32,35). The van der Waals surface area contributed by atoms with Crippen molar-refractivity contribution in [3.63, 3.8) is 0 Å². The van der Waals surface area contributed by atoms with Gasteiger partial charge >= 0.3 is 0 Å². The molecule has 0 aliphatic rings. The summed E-state index contributed by atoms with van der Waals surface area (Å²) < 4.78 is 13.4. The lowest BCUT2D eigenvalue weighted by Gasteiger charge is -2.11. The second kappa shape index (κ2) is 12.9. The van der Waals surface area contributed by atoms with Crippen molar-refractivity contribution in [2.75, 3.05) is 20.3 Å². The molecular weight excluding hydrogens is 462 g/mol. The highest BCUT2D eigenvalue weighted by Gasteiger charge is 2.11. The molecule has 0 saturated carbocycles. The maximum Gasteiger partial charge on any atom is 0.251 e. The number of hydrogen-bond acceptors (Lipinski definition) is 4. The van der Waals surface area contributed by atoms with Gasteiger partial charge in [-0.2, -0.15) is 0 Å². The number of para-hydroxylation sites is 2. The van der Waals surface area contributed by atoms with Gasteiger partial charge in [0.05, 0.1) is 24.8 Å². The highest BCUT2D eigenvalue weighted by Crippen LogP contribution is 2.20. The Hall–Kier alpha value is -3.80. The summed E-state index contributed by atoms with van der Waals surface area (Å²) in [7, 11) is 1.61. The Morgan fingerprint density at radius 1 is 0.919 bits per heavy atom. The number of unbranched alkanes of at least 4 members (excludes halogenated alkanes) is 1. The van der Waals surface area contributed by atoms with Gasteiger partial charge in [0.25, 0.3) is 5.91 Å². The first-order valence-electron chi connectivity index (χ1n) is 13.1. The Balaban J connectivity index is 1.26. The molecule has 0 fully saturated rings. The highest BCUT2D eigenvalue weighted by atomic mass is 16.5. The fourth-order valence-corrected chi connectivity index (χ4v) is 4.37. The van der Waals surface area contributed by atoms with Gasteiger partial charge in [-0.1, -0.05) is 38.1 Å². The van der Waals surface area contributed by atoms with E-state index in [0.717, 1.165) is 60.6 Å². The second-order valence-corrected chi connectivity index (χ2v) is 9.54. The molecule has 0 unspecified atom stereocenters. The van der Waals surface area contributed by atoms with Crippen LogP contribution in [0.5, 0.6) is 11.5 Å². The molecule has 1 aromatic heterocycles. The summed E-state index contributed by atoms with van der Waals surface area (Å²) in [6.07, 6.45) is 3.60. The molecule has 0 aliphatic carbocycles. The SMILES string of the molecule is COc1ccc(C(=O)NCCCc2nc3ccccc3n2CCCCOc2ccc(C(C)C)cc2)cc1. The first-order chi connectivity index (χ1) is 18.0. The average Bonchev–Trinajstić information content (AvgIpc) is 3.28. The van der Waals surface area contributed by atoms with Crippen molar-refractivity contribution < 1.29 is 14.3 Å². The lowest BCUT2D eigenvalue weighted by Crippen LogP contribution is -2.25. The van der Waals surface area contributed by atoms with Crippen LogP contribution in [-0.4, -0.2) is 35.7 Å². The van der Waals surface area contributed by atoms with E-state index in [2.05, 4.69) is 66.2 Å². The van der Waals surface area contributed by atoms with Crippen LogP contribution in [-0.2, 0) is 13.0 Å². The van der Waals surface area contributed by atoms with E-state index in [-0.39, 0.29) is 5.91 Å². The Kier molecular flexibility index (Phi) is 9.19. The van der Waals surface area contributed by atoms with Crippen molar-refractivity contribution >= 4 is 16.9 Å². The van der Waals surface area contributed by atoms with Gasteiger partial charge in [0.1, 0.15) is 17.3 Å². The third kappa shape index (κ3) is 7.13. The summed E-state index contributed by atoms with van der Waals surface area (Å²) in [6.45, 7) is 6.58. The normalized spacial score (nSPS) is 11.1. The predicted molar refractivity (Wildman–Crippen MR) is 149 cm³/mol. The van der Waals surface area contributed by atoms with Crippen molar-refractivity contribution in [1.29, 1.82) is 0 Å². The highest BCUT2D eigenvalue weighted by molar-refractivity contribution is 5.94. The van der Waals surface area contributed by atoms with E-state index >= 15 is 0 Å². The van der Waals surface area contributed by atoms with Crippen molar-refractivity contribution in [2.45, 2.75) is 52.0 Å². The molecule has 37 heavy (non-hydrogen) atoms. The summed E-state index contributed by atoms with van der Waals surface area (Å²) in [5.41, 5.74) is 4.13. The zero-order valence-electron chi connectivity index (χ0n) is 22.1. The minimum absolute atomic E-state index is 0.0741. The monoisotopic (exact) mass is 499 g/mol. The van der Waals surface area contributed by atoms with E-state index in [0.29, 0.717) is 24.6 Å². The van der Waals surface area contributed by atoms with Crippen molar-refractivity contribution in [3.8, 4) is 11.5 Å². The molecule has 4 rings (SSSR count). The maximum absolute atomic E-state index is 12.4. The smallest absolute Gasteiger partial charge is 0.251 e. The van der Waals surface area contributed by atoms with Gasteiger partial charge < -0.3 is 19.4 Å². The van der Waals surface area contributed by atoms with Crippen LogP contribution in [0.15, 0.2) is 72.8 Å². The molecule has 3 aromatic carbocycles. The zero-order chi connectivity index (χ0) is 26.0. The van der Waals surface area contributed by atoms with Gasteiger partial charge in [0.2, 0.25) is 0 Å². The van der Waals surface area contributed by atoms with E-state index in [9.17, 15) is 4.79 Å². The van der Waals surface area contributed by atoms with E-state index < -0.39 is 0 Å². The molecule has 4 aromatic rings. The number of amides is 1. The Morgan fingerprint density at radius 2 is 1.65 bits per heavy atom. The maximum atomic E-state index is 12.4. The molecule has 1 N–H and O–H groups in total. The molecule has 0 aliphatic heterocycles. The zero-order valence-corrected chi connectivity index (χ0v) is 22.1. The van der Waals surface area contributed by atoms with Gasteiger partial charge in [-0.25, -0.2) is 4.98 Å². The lowest BCUT2D eigenvalue weighted by atomic mass is 10.0. The molecular formula is C31H37N3O3. The molecule has 6 nitrogen and oxygen atoms in total. The average molecular weight is 500 g/mol. The van der Waals surface area contributed by atoms with Gasteiger partial charge in [-0.15, -0.1) is 0 Å². The fraction of sp³-hybridized carbons (Fsp3) is 0.355. The number of carbonyl (C=O) groups excluding carboxylic acids is 1. The number of nitrogens with one attached hydrogen (secondary N) is 1. The van der Waals surface area contributed by atoms with E-state index in [1.165, 1.54) is 5.56 Å². The number of aryl methyl sites for hydroxylation is 2. The number of fused-ring (bicyclic) bond motifs is 1. The summed E-state index contributed by atoms with van der Waals surface area (Å²) in [6, 6.07) is 23.8. The number of nitrogens with zero attached hydrogens (tertiary/aromatic N) is 2. The van der Waals surface area contributed by atoms with Crippen LogP contribution in [0.2, 0.25) is 0 Å². The van der Waals surface area contributed by atoms with Gasteiger partial charge in [-0.05, 0) is 79.3 Å². The van der Waals surface area contributed by atoms with Crippen LogP contribution in [0.25, 0.3) is 11.0 Å². The molecule has 6 heteroatoms. The minimum Gasteiger partial charge on any atom is -0.497 e. The van der Waals surface area contributed by atoms with Crippen LogP contribution in [0.4, 0.5) is 0 Å². The molecule has 0 saturated heterocycles. The first-order valence-corrected chi connectivity index (χ1v) is 13.1. The van der Waals surface area contributed by atoms with Crippen LogP contribution in [0.1, 0.15) is 60.8 Å². The molecule has 194 valence electrons. The van der Waals surface area contributed by atoms with Crippen LogP contribution in [0, 0.1) is 0 Å². The van der Waals surface area contributed by atoms with E-state index in [4.69, 9.17) is 14.5 Å². The number of rotatable bonds is 13. The van der Waals surface area contributed by atoms with E-state index in [1.54, 1.807) is 31.4 Å². The van der Waals surface area contributed by atoms with Gasteiger partial charge in [0, 0.05) is 25.1 Å². The number of benzene rings is 3. The third-order valence-corrected chi connectivity index (χ3v) is 6.54. The summed E-state index contributed by atoms with van der Waals surface area (Å²) in [4.78, 5) is 17.3. The molecule has 0 spiro atoms. The molecule has 0 radical (unpaired) electrons. The first kappa shape index (κ1) is 26.3. The van der Waals surface area contributed by atoms with Crippen LogP contribution in [0.3, 0.4) is 0 Å². The predicted octanol–water partition coefficient (Wildman–Crippen LogP) is 6.39. The lowest BCUT2D eigenvalue weighted by molar-refractivity contribution is 0.0953. The Bertz CT molecular complexity index is 1280. The molecule has 0 bridgehead atoms. The third-order valence-electron chi connectivity index (χ3n) is 6.54. The second-order valence-electron chi connectivity index (χ2n) is 9.54. The summed E-state index contributed by atoms with van der Waals surface area (Å²) >= 11 is 0. The topological polar surface area (TPSA) is 65.4 Å². The van der Waals surface area contributed by atoms with Crippen molar-refractivity contribution in [1.82, 2.24) is 14.9 Å². The Morgan fingerprint density at radius 3 is 2.38 bits per heavy atom. The number of methoxy groups -OCH3 is 1. The minimum atomic E-state index is -0.0741. The van der Waals surface area contributed by atoms with Crippen LogP contribution >= 0.6 is 0 Å². The quantitative estimate of drug-likeness (QED) is 0.217. The van der Waals surface area contributed by atoms with Crippen molar-refractivity contribution in [3.05, 3.63) is 89.7 Å². The molecule has 1 amide bonds. The number of ether oxygens (including phenoxy) is 2. The summed E-state index contributed by atoms with van der Waals surface area (Å²) in [5.74, 6) is 3.18. The van der Waals surface area contributed by atoms with Gasteiger partial charge in [0.15, 0.2) is 0 Å². The molecule has 0 atom stereocenters. The molecule has 1 heterocycles. The Labute approximate surface area is 219 Å². The number of aromatic nitrogens is 2. The van der Waals surface area contributed by atoms with Crippen molar-refractivity contribution in [2.24, 2.45) is 0 Å². The summed E-state index contributed by atoms with van der Waals surface area (Å²) in [5, 5.41) is 3.01. The van der Waals surface area contributed by atoms with Gasteiger partial charge in [-0.3, -0.25) is 4.79 Å². The van der Waals surface area contributed by atoms with E-state index in [1.807, 2.05) is 6.07 Å². The van der Waals surface area contributed by atoms with Crippen LogP contribution < -0.4 is 14.8 Å². The number of carbonyl (C=O) groups is 1. The number of imidazole rings is 1.